The van der Waals surface area contributed by atoms with E-state index in [0.29, 0.717) is 17.3 Å². The van der Waals surface area contributed by atoms with Crippen molar-refractivity contribution in [2.24, 2.45) is 0 Å². The third kappa shape index (κ3) is 4.19. The number of amides is 1. The number of halogens is 1. The lowest BCUT2D eigenvalue weighted by molar-refractivity contribution is 0.0793. The number of pyridine rings is 1. The first-order valence-electron chi connectivity index (χ1n) is 5.55. The minimum atomic E-state index is -0.0264. The summed E-state index contributed by atoms with van der Waals surface area (Å²) in [6.45, 7) is 6.19. The van der Waals surface area contributed by atoms with E-state index in [2.05, 4.69) is 11.6 Å². The summed E-state index contributed by atoms with van der Waals surface area (Å²) in [5, 5.41) is 0.354. The smallest absolute Gasteiger partial charge is 0.253 e. The van der Waals surface area contributed by atoms with Crippen molar-refractivity contribution in [2.75, 3.05) is 13.6 Å². The number of rotatable bonds is 5. The summed E-state index contributed by atoms with van der Waals surface area (Å²) in [7, 11) is 1.79. The highest BCUT2D eigenvalue weighted by Crippen LogP contribution is 2.12. The number of unbranched alkanes of at least 4 members (excludes halogenated alkanes) is 1. The molecule has 0 fully saturated rings. The number of aromatic nitrogens is 1. The molecular weight excluding hydrogens is 236 g/mol. The molecule has 1 aromatic rings. The molecule has 0 radical (unpaired) electrons. The van der Waals surface area contributed by atoms with Crippen molar-refractivity contribution in [1.29, 1.82) is 0 Å². The van der Waals surface area contributed by atoms with Crippen LogP contribution in [-0.4, -0.2) is 29.4 Å². The van der Waals surface area contributed by atoms with Crippen molar-refractivity contribution in [1.82, 2.24) is 9.88 Å². The molecular formula is C13H17ClN2O. The van der Waals surface area contributed by atoms with E-state index in [1.807, 2.05) is 13.0 Å². The van der Waals surface area contributed by atoms with Gasteiger partial charge < -0.3 is 4.90 Å². The Morgan fingerprint density at radius 1 is 1.59 bits per heavy atom. The second-order valence-corrected chi connectivity index (χ2v) is 4.36. The maximum Gasteiger partial charge on any atom is 0.253 e. The predicted octanol–water partition coefficient (Wildman–Crippen LogP) is 3.08. The molecule has 0 unspecified atom stereocenters. The lowest BCUT2D eigenvalue weighted by atomic mass is 10.2. The van der Waals surface area contributed by atoms with Crippen LogP contribution in [0, 0.1) is 6.92 Å². The van der Waals surface area contributed by atoms with Crippen LogP contribution in [-0.2, 0) is 0 Å². The zero-order chi connectivity index (χ0) is 12.8. The molecule has 3 nitrogen and oxygen atoms in total. The third-order valence-electron chi connectivity index (χ3n) is 2.42. The summed E-state index contributed by atoms with van der Waals surface area (Å²) in [5.41, 5.74) is 1.34. The number of hydrogen-bond acceptors (Lipinski definition) is 2. The minimum Gasteiger partial charge on any atom is -0.342 e. The zero-order valence-electron chi connectivity index (χ0n) is 10.2. The Morgan fingerprint density at radius 2 is 2.29 bits per heavy atom. The summed E-state index contributed by atoms with van der Waals surface area (Å²) >= 11 is 5.83. The third-order valence-corrected chi connectivity index (χ3v) is 2.61. The van der Waals surface area contributed by atoms with Gasteiger partial charge in [0.1, 0.15) is 5.15 Å². The first-order chi connectivity index (χ1) is 8.04. The number of allylic oxidation sites excluding steroid dienone is 1. The molecule has 4 heteroatoms. The molecule has 92 valence electrons. The van der Waals surface area contributed by atoms with Gasteiger partial charge in [-0.3, -0.25) is 4.79 Å². The van der Waals surface area contributed by atoms with Gasteiger partial charge in [0.2, 0.25) is 0 Å². The van der Waals surface area contributed by atoms with Gasteiger partial charge >= 0.3 is 0 Å². The van der Waals surface area contributed by atoms with Crippen molar-refractivity contribution >= 4 is 17.5 Å². The topological polar surface area (TPSA) is 33.2 Å². The van der Waals surface area contributed by atoms with Gasteiger partial charge in [-0.15, -0.1) is 6.58 Å². The van der Waals surface area contributed by atoms with Gasteiger partial charge in [0.25, 0.3) is 5.91 Å². The quantitative estimate of drug-likeness (QED) is 0.458. The van der Waals surface area contributed by atoms with Crippen molar-refractivity contribution in [3.8, 4) is 0 Å². The normalized spacial score (nSPS) is 10.1. The SMILES string of the molecule is C=CCCCN(C)C(=O)c1cc(C)nc(Cl)c1. The number of carbonyl (C=O) groups excluding carboxylic acids is 1. The molecule has 1 amide bonds. The molecule has 0 aliphatic heterocycles. The Bertz CT molecular complexity index is 398. The molecule has 0 atom stereocenters. The molecule has 1 heterocycles. The van der Waals surface area contributed by atoms with E-state index < -0.39 is 0 Å². The average molecular weight is 253 g/mol. The Morgan fingerprint density at radius 3 is 2.88 bits per heavy atom. The second kappa shape index (κ2) is 6.40. The van der Waals surface area contributed by atoms with Crippen molar-refractivity contribution < 1.29 is 4.79 Å². The lowest BCUT2D eigenvalue weighted by Crippen LogP contribution is -2.27. The predicted molar refractivity (Wildman–Crippen MR) is 70.4 cm³/mol. The van der Waals surface area contributed by atoms with Crippen LogP contribution in [0.4, 0.5) is 0 Å². The van der Waals surface area contributed by atoms with Crippen molar-refractivity contribution in [3.63, 3.8) is 0 Å². The van der Waals surface area contributed by atoms with Gasteiger partial charge in [-0.2, -0.15) is 0 Å². The first kappa shape index (κ1) is 13.7. The van der Waals surface area contributed by atoms with E-state index in [1.165, 1.54) is 0 Å². The Labute approximate surface area is 107 Å². The van der Waals surface area contributed by atoms with Crippen LogP contribution in [0.3, 0.4) is 0 Å². The zero-order valence-corrected chi connectivity index (χ0v) is 11.0. The van der Waals surface area contributed by atoms with Crippen LogP contribution in [0.25, 0.3) is 0 Å². The summed E-state index contributed by atoms with van der Waals surface area (Å²) in [6, 6.07) is 3.35. The molecule has 17 heavy (non-hydrogen) atoms. The van der Waals surface area contributed by atoms with Gasteiger partial charge in [-0.25, -0.2) is 4.98 Å². The first-order valence-corrected chi connectivity index (χ1v) is 5.93. The van der Waals surface area contributed by atoms with E-state index in [1.54, 1.807) is 24.1 Å². The van der Waals surface area contributed by atoms with Crippen LogP contribution in [0.2, 0.25) is 5.15 Å². The molecule has 0 aliphatic rings. The van der Waals surface area contributed by atoms with E-state index in [-0.39, 0.29) is 5.91 Å². The highest BCUT2D eigenvalue weighted by molar-refractivity contribution is 6.29. The van der Waals surface area contributed by atoms with Gasteiger partial charge in [0, 0.05) is 24.8 Å². The Balaban J connectivity index is 2.70. The molecule has 0 saturated heterocycles. The largest absolute Gasteiger partial charge is 0.342 e. The molecule has 0 aromatic carbocycles. The van der Waals surface area contributed by atoms with E-state index in [9.17, 15) is 4.79 Å². The maximum atomic E-state index is 12.1. The minimum absolute atomic E-state index is 0.0264. The molecule has 0 N–H and O–H groups in total. The highest BCUT2D eigenvalue weighted by Gasteiger charge is 2.12. The lowest BCUT2D eigenvalue weighted by Gasteiger charge is -2.17. The van der Waals surface area contributed by atoms with Crippen molar-refractivity contribution in [3.05, 3.63) is 41.2 Å². The van der Waals surface area contributed by atoms with E-state index in [0.717, 1.165) is 18.5 Å². The number of carbonyl (C=O) groups is 1. The molecule has 0 bridgehead atoms. The van der Waals surface area contributed by atoms with Gasteiger partial charge in [-0.1, -0.05) is 17.7 Å². The number of nitrogens with zero attached hydrogens (tertiary/aromatic N) is 2. The molecule has 0 aliphatic carbocycles. The second-order valence-electron chi connectivity index (χ2n) is 3.98. The van der Waals surface area contributed by atoms with E-state index >= 15 is 0 Å². The molecule has 0 spiro atoms. The van der Waals surface area contributed by atoms with Crippen LogP contribution in [0.1, 0.15) is 28.9 Å². The van der Waals surface area contributed by atoms with Gasteiger partial charge in [-0.05, 0) is 31.9 Å². The molecule has 1 rings (SSSR count). The molecule has 1 aromatic heterocycles. The fourth-order valence-electron chi connectivity index (χ4n) is 1.55. The number of aryl methyl sites for hydroxylation is 1. The summed E-state index contributed by atoms with van der Waals surface area (Å²) in [6.07, 6.45) is 3.68. The Kier molecular flexibility index (Phi) is 5.16. The fraction of sp³-hybridized carbons (Fsp3) is 0.385. The summed E-state index contributed by atoms with van der Waals surface area (Å²) in [5.74, 6) is -0.0264. The van der Waals surface area contributed by atoms with E-state index in [4.69, 9.17) is 11.6 Å². The molecule has 0 saturated carbocycles. The fourth-order valence-corrected chi connectivity index (χ4v) is 1.80. The van der Waals surface area contributed by atoms with Crippen LogP contribution >= 0.6 is 11.6 Å². The van der Waals surface area contributed by atoms with Crippen LogP contribution < -0.4 is 0 Å². The summed E-state index contributed by atoms with van der Waals surface area (Å²) < 4.78 is 0. The van der Waals surface area contributed by atoms with Gasteiger partial charge in [0.05, 0.1) is 0 Å². The van der Waals surface area contributed by atoms with Crippen molar-refractivity contribution in [2.45, 2.75) is 19.8 Å². The summed E-state index contributed by atoms with van der Waals surface area (Å²) in [4.78, 5) is 17.8. The standard InChI is InChI=1S/C13H17ClN2O/c1-4-5-6-7-16(3)13(17)11-8-10(2)15-12(14)9-11/h4,8-9H,1,5-7H2,2-3H3. The Hall–Kier alpha value is -1.35. The van der Waals surface area contributed by atoms with Crippen LogP contribution in [0.15, 0.2) is 24.8 Å². The highest BCUT2D eigenvalue weighted by atomic mass is 35.5. The monoisotopic (exact) mass is 252 g/mol. The van der Waals surface area contributed by atoms with Crippen LogP contribution in [0.5, 0.6) is 0 Å². The van der Waals surface area contributed by atoms with Gasteiger partial charge in [0.15, 0.2) is 0 Å². The maximum absolute atomic E-state index is 12.1. The average Bonchev–Trinajstić information content (AvgIpc) is 2.27. The number of hydrogen-bond donors (Lipinski definition) is 0.